The third-order valence-corrected chi connectivity index (χ3v) is 4.09. The maximum absolute atomic E-state index is 5.89. The van der Waals surface area contributed by atoms with Gasteiger partial charge in [-0.05, 0) is 50.0 Å². The summed E-state index contributed by atoms with van der Waals surface area (Å²) >= 11 is 5.89. The zero-order valence-corrected chi connectivity index (χ0v) is 11.2. The quantitative estimate of drug-likeness (QED) is 0.893. The van der Waals surface area contributed by atoms with Gasteiger partial charge in [-0.2, -0.15) is 0 Å². The SMILES string of the molecule is CN(Cc1ccc(Cl)cc1)C1CCCC1CN. The van der Waals surface area contributed by atoms with E-state index in [0.29, 0.717) is 12.0 Å². The van der Waals surface area contributed by atoms with Crippen LogP contribution in [0.3, 0.4) is 0 Å². The predicted octanol–water partition coefficient (Wildman–Crippen LogP) is 2.90. The molecule has 0 bridgehead atoms. The zero-order valence-electron chi connectivity index (χ0n) is 10.4. The normalized spacial score (nSPS) is 24.5. The first-order valence-corrected chi connectivity index (χ1v) is 6.73. The van der Waals surface area contributed by atoms with Gasteiger partial charge in [0.25, 0.3) is 0 Å². The van der Waals surface area contributed by atoms with Crippen molar-refractivity contribution in [1.29, 1.82) is 0 Å². The molecule has 2 unspecified atom stereocenters. The second kappa shape index (κ2) is 5.85. The Morgan fingerprint density at radius 3 is 2.65 bits per heavy atom. The third kappa shape index (κ3) is 3.21. The van der Waals surface area contributed by atoms with Gasteiger partial charge in [0.2, 0.25) is 0 Å². The summed E-state index contributed by atoms with van der Waals surface area (Å²) in [5.74, 6) is 0.673. The first-order valence-electron chi connectivity index (χ1n) is 6.35. The Morgan fingerprint density at radius 1 is 1.29 bits per heavy atom. The molecule has 0 aliphatic heterocycles. The Bertz CT molecular complexity index is 350. The molecule has 1 aliphatic carbocycles. The maximum Gasteiger partial charge on any atom is 0.0406 e. The number of hydrogen-bond donors (Lipinski definition) is 1. The Balaban J connectivity index is 1.96. The molecule has 1 aromatic rings. The summed E-state index contributed by atoms with van der Waals surface area (Å²) in [4.78, 5) is 2.44. The molecule has 1 aliphatic rings. The average molecular weight is 253 g/mol. The van der Waals surface area contributed by atoms with Crippen molar-refractivity contribution >= 4 is 11.6 Å². The van der Waals surface area contributed by atoms with Crippen LogP contribution in [0.15, 0.2) is 24.3 Å². The van der Waals surface area contributed by atoms with E-state index in [2.05, 4.69) is 24.1 Å². The minimum absolute atomic E-state index is 0.649. The molecule has 0 heterocycles. The van der Waals surface area contributed by atoms with Crippen LogP contribution in [0.5, 0.6) is 0 Å². The molecule has 17 heavy (non-hydrogen) atoms. The summed E-state index contributed by atoms with van der Waals surface area (Å²) in [6.07, 6.45) is 3.88. The largest absolute Gasteiger partial charge is 0.330 e. The lowest BCUT2D eigenvalue weighted by atomic mass is 10.0. The molecule has 0 amide bonds. The van der Waals surface area contributed by atoms with E-state index in [4.69, 9.17) is 17.3 Å². The number of halogens is 1. The van der Waals surface area contributed by atoms with E-state index >= 15 is 0 Å². The van der Waals surface area contributed by atoms with Crippen molar-refractivity contribution in [3.63, 3.8) is 0 Å². The molecule has 2 rings (SSSR count). The summed E-state index contributed by atoms with van der Waals surface area (Å²) < 4.78 is 0. The molecule has 2 nitrogen and oxygen atoms in total. The average Bonchev–Trinajstić information content (AvgIpc) is 2.80. The highest BCUT2D eigenvalue weighted by Crippen LogP contribution is 2.29. The van der Waals surface area contributed by atoms with Crippen molar-refractivity contribution in [1.82, 2.24) is 4.90 Å². The number of nitrogens with zero attached hydrogens (tertiary/aromatic N) is 1. The van der Waals surface area contributed by atoms with Crippen molar-refractivity contribution in [3.8, 4) is 0 Å². The summed E-state index contributed by atoms with van der Waals surface area (Å²) in [7, 11) is 2.20. The van der Waals surface area contributed by atoms with Crippen LogP contribution in [0.2, 0.25) is 5.02 Å². The second-order valence-electron chi connectivity index (χ2n) is 5.04. The minimum Gasteiger partial charge on any atom is -0.330 e. The van der Waals surface area contributed by atoms with Crippen molar-refractivity contribution in [2.45, 2.75) is 31.8 Å². The lowest BCUT2D eigenvalue weighted by molar-refractivity contribution is 0.193. The first-order chi connectivity index (χ1) is 8.20. The van der Waals surface area contributed by atoms with Crippen LogP contribution >= 0.6 is 11.6 Å². The van der Waals surface area contributed by atoms with E-state index in [1.807, 2.05) is 12.1 Å². The summed E-state index contributed by atoms with van der Waals surface area (Å²) in [6, 6.07) is 8.77. The van der Waals surface area contributed by atoms with Gasteiger partial charge in [0, 0.05) is 17.6 Å². The molecule has 1 saturated carbocycles. The fourth-order valence-corrected chi connectivity index (χ4v) is 2.99. The van der Waals surface area contributed by atoms with Crippen molar-refractivity contribution < 1.29 is 0 Å². The van der Waals surface area contributed by atoms with Crippen LogP contribution in [0.25, 0.3) is 0 Å². The van der Waals surface area contributed by atoms with Crippen LogP contribution in [0, 0.1) is 5.92 Å². The molecular weight excluding hydrogens is 232 g/mol. The Hall–Kier alpha value is -0.570. The lowest BCUT2D eigenvalue weighted by Gasteiger charge is -2.29. The molecule has 2 atom stereocenters. The second-order valence-corrected chi connectivity index (χ2v) is 5.47. The fraction of sp³-hybridized carbons (Fsp3) is 0.571. The van der Waals surface area contributed by atoms with Gasteiger partial charge in [0.1, 0.15) is 0 Å². The zero-order chi connectivity index (χ0) is 12.3. The van der Waals surface area contributed by atoms with E-state index < -0.39 is 0 Å². The monoisotopic (exact) mass is 252 g/mol. The van der Waals surface area contributed by atoms with Gasteiger partial charge in [-0.15, -0.1) is 0 Å². The van der Waals surface area contributed by atoms with Gasteiger partial charge in [0.15, 0.2) is 0 Å². The van der Waals surface area contributed by atoms with Gasteiger partial charge < -0.3 is 5.73 Å². The van der Waals surface area contributed by atoms with Crippen LogP contribution in [-0.2, 0) is 6.54 Å². The van der Waals surface area contributed by atoms with Crippen LogP contribution in [-0.4, -0.2) is 24.5 Å². The highest BCUT2D eigenvalue weighted by atomic mass is 35.5. The van der Waals surface area contributed by atoms with E-state index in [1.54, 1.807) is 0 Å². The van der Waals surface area contributed by atoms with Crippen LogP contribution in [0.1, 0.15) is 24.8 Å². The van der Waals surface area contributed by atoms with E-state index in [9.17, 15) is 0 Å². The number of hydrogen-bond acceptors (Lipinski definition) is 2. The van der Waals surface area contributed by atoms with Crippen molar-refractivity contribution in [2.24, 2.45) is 11.7 Å². The Morgan fingerprint density at radius 2 is 2.00 bits per heavy atom. The van der Waals surface area contributed by atoms with Crippen LogP contribution < -0.4 is 5.73 Å². The molecular formula is C14H21ClN2. The maximum atomic E-state index is 5.89. The summed E-state index contributed by atoms with van der Waals surface area (Å²) in [5.41, 5.74) is 7.15. The molecule has 0 radical (unpaired) electrons. The van der Waals surface area contributed by atoms with Crippen LogP contribution in [0.4, 0.5) is 0 Å². The topological polar surface area (TPSA) is 29.3 Å². The molecule has 94 valence electrons. The number of rotatable bonds is 4. The third-order valence-electron chi connectivity index (χ3n) is 3.83. The van der Waals surface area contributed by atoms with E-state index in [1.165, 1.54) is 24.8 Å². The van der Waals surface area contributed by atoms with Crippen molar-refractivity contribution in [3.05, 3.63) is 34.9 Å². The minimum atomic E-state index is 0.649. The van der Waals surface area contributed by atoms with Gasteiger partial charge >= 0.3 is 0 Å². The summed E-state index contributed by atoms with van der Waals surface area (Å²) in [5, 5.41) is 0.803. The molecule has 2 N–H and O–H groups in total. The highest BCUT2D eigenvalue weighted by Gasteiger charge is 2.28. The van der Waals surface area contributed by atoms with Gasteiger partial charge in [-0.1, -0.05) is 30.2 Å². The van der Waals surface area contributed by atoms with Gasteiger partial charge in [0.05, 0.1) is 0 Å². The lowest BCUT2D eigenvalue weighted by Crippen LogP contribution is -2.37. The smallest absolute Gasteiger partial charge is 0.0406 e. The van der Waals surface area contributed by atoms with Gasteiger partial charge in [-0.3, -0.25) is 4.90 Å². The summed E-state index contributed by atoms with van der Waals surface area (Å²) in [6.45, 7) is 1.80. The van der Waals surface area contributed by atoms with Gasteiger partial charge in [-0.25, -0.2) is 0 Å². The van der Waals surface area contributed by atoms with E-state index in [-0.39, 0.29) is 0 Å². The Kier molecular flexibility index (Phi) is 4.43. The van der Waals surface area contributed by atoms with Crippen molar-refractivity contribution in [2.75, 3.05) is 13.6 Å². The fourth-order valence-electron chi connectivity index (χ4n) is 2.87. The molecule has 0 spiro atoms. The standard InChI is InChI=1S/C14H21ClN2/c1-17(14-4-2-3-12(14)9-16)10-11-5-7-13(15)8-6-11/h5-8,12,14H,2-4,9-10,16H2,1H3. The molecule has 0 aromatic heterocycles. The molecule has 3 heteroatoms. The number of nitrogens with two attached hydrogens (primary N) is 1. The van der Waals surface area contributed by atoms with E-state index in [0.717, 1.165) is 18.1 Å². The number of benzene rings is 1. The highest BCUT2D eigenvalue weighted by molar-refractivity contribution is 6.30. The first kappa shape index (κ1) is 12.9. The molecule has 1 fully saturated rings. The molecule has 0 saturated heterocycles. The predicted molar refractivity (Wildman–Crippen MR) is 73.1 cm³/mol. The molecule has 1 aromatic carbocycles. The Labute approximate surface area is 109 Å².